The number of benzene rings is 4. The van der Waals surface area contributed by atoms with E-state index in [2.05, 4.69) is 112 Å². The van der Waals surface area contributed by atoms with Crippen molar-refractivity contribution in [3.63, 3.8) is 0 Å². The highest BCUT2D eigenvalue weighted by atomic mass is 32.2. The Labute approximate surface area is 281 Å². The molecule has 236 valence electrons. The third-order valence-electron chi connectivity index (χ3n) is 8.77. The molecule has 3 heterocycles. The summed E-state index contributed by atoms with van der Waals surface area (Å²) in [5.74, 6) is 2.40. The van der Waals surface area contributed by atoms with Crippen LogP contribution in [0, 0.1) is 19.3 Å². The van der Waals surface area contributed by atoms with E-state index in [1.165, 1.54) is 39.0 Å². The third kappa shape index (κ3) is 6.30. The topological polar surface area (TPSA) is 44.9 Å². The lowest BCUT2D eigenvalue weighted by Gasteiger charge is -2.19. The molecule has 0 fully saturated rings. The molecule has 0 aliphatic rings. The molecule has 0 atom stereocenters. The molecule has 0 aliphatic heterocycles. The number of aryl methyl sites for hydroxylation is 3. The van der Waals surface area contributed by atoms with Gasteiger partial charge in [0.05, 0.1) is 22.9 Å². The Hall–Kier alpha value is -4.81. The summed E-state index contributed by atoms with van der Waals surface area (Å²) in [6.07, 6.45) is 10.3. The summed E-state index contributed by atoms with van der Waals surface area (Å²) in [7, 11) is 0. The molecule has 7 rings (SSSR count). The Morgan fingerprint density at radius 2 is 1.55 bits per heavy atom. The van der Waals surface area contributed by atoms with Gasteiger partial charge in [0.2, 0.25) is 0 Å². The van der Waals surface area contributed by atoms with Gasteiger partial charge in [0, 0.05) is 45.8 Å². The molecule has 4 aromatic carbocycles. The van der Waals surface area contributed by atoms with Crippen LogP contribution in [0.15, 0.2) is 114 Å². The lowest BCUT2D eigenvalue weighted by molar-refractivity contribution is 0.378. The number of ether oxygens (including phenoxy) is 1. The van der Waals surface area contributed by atoms with Crippen molar-refractivity contribution in [2.24, 2.45) is 5.41 Å². The first-order valence-electron chi connectivity index (χ1n) is 16.1. The highest BCUT2D eigenvalue weighted by Crippen LogP contribution is 2.36. The van der Waals surface area contributed by atoms with Crippen molar-refractivity contribution in [3.8, 4) is 34.1 Å². The van der Waals surface area contributed by atoms with Gasteiger partial charge >= 0.3 is 0 Å². The predicted octanol–water partition coefficient (Wildman–Crippen LogP) is 11.1. The summed E-state index contributed by atoms with van der Waals surface area (Å²) in [6, 6.07) is 31.7. The normalized spacial score (nSPS) is 11.9. The van der Waals surface area contributed by atoms with E-state index in [1.807, 2.05) is 47.4 Å². The summed E-state index contributed by atoms with van der Waals surface area (Å²) < 4.78 is 10.6. The molecule has 0 saturated heterocycles. The molecule has 0 saturated carbocycles. The minimum atomic E-state index is 0.324. The Morgan fingerprint density at radius 1 is 0.787 bits per heavy atom. The average molecular weight is 637 g/mol. The molecule has 6 heteroatoms. The number of thioether (sulfide) groups is 1. The van der Waals surface area contributed by atoms with Crippen molar-refractivity contribution in [2.75, 3.05) is 6.26 Å². The van der Waals surface area contributed by atoms with Gasteiger partial charge in [-0.25, -0.2) is 9.67 Å². The van der Waals surface area contributed by atoms with Crippen molar-refractivity contribution in [2.45, 2.75) is 52.4 Å². The van der Waals surface area contributed by atoms with Gasteiger partial charge in [-0.2, -0.15) is 5.10 Å². The summed E-state index contributed by atoms with van der Waals surface area (Å²) in [6.45, 7) is 11.3. The Balaban J connectivity index is 1.18. The number of fused-ring (bicyclic) bond motifs is 3. The largest absolute Gasteiger partial charge is 0.457 e. The standard InChI is InChI=1S/C41H40N4OS/c1-27-20-29(16-18-41(3,4)5)21-28(2)40(27)30-25-43-44(26-30)31-10-9-11-32(22-31)46-33-14-15-36-35-12-7-8-13-37(35)45(38(36)23-33)39-24-34(47-6)17-19-42-39/h7-15,17,19-26H,16,18H2,1-6H3. The summed E-state index contributed by atoms with van der Waals surface area (Å²) in [4.78, 5) is 5.92. The van der Waals surface area contributed by atoms with E-state index in [0.717, 1.165) is 51.4 Å². The van der Waals surface area contributed by atoms with Gasteiger partial charge in [0.15, 0.2) is 0 Å². The number of nitrogens with zero attached hydrogens (tertiary/aromatic N) is 4. The number of hydrogen-bond donors (Lipinski definition) is 0. The van der Waals surface area contributed by atoms with Gasteiger partial charge in [0.25, 0.3) is 0 Å². The minimum Gasteiger partial charge on any atom is -0.457 e. The van der Waals surface area contributed by atoms with Gasteiger partial charge in [-0.3, -0.25) is 4.57 Å². The fourth-order valence-corrected chi connectivity index (χ4v) is 6.92. The fourth-order valence-electron chi connectivity index (χ4n) is 6.50. The Morgan fingerprint density at radius 3 is 2.34 bits per heavy atom. The second kappa shape index (κ2) is 12.4. The van der Waals surface area contributed by atoms with E-state index in [0.29, 0.717) is 5.41 Å². The maximum absolute atomic E-state index is 6.49. The Bertz CT molecular complexity index is 2210. The molecular weight excluding hydrogens is 597 g/mol. The molecule has 0 unspecified atom stereocenters. The molecule has 0 radical (unpaired) electrons. The van der Waals surface area contributed by atoms with Crippen molar-refractivity contribution in [1.29, 1.82) is 0 Å². The number of para-hydroxylation sites is 1. The smallest absolute Gasteiger partial charge is 0.138 e. The molecule has 0 amide bonds. The second-order valence-electron chi connectivity index (χ2n) is 13.5. The summed E-state index contributed by atoms with van der Waals surface area (Å²) in [5.41, 5.74) is 9.78. The number of hydrogen-bond acceptors (Lipinski definition) is 4. The van der Waals surface area contributed by atoms with Crippen LogP contribution in [-0.2, 0) is 6.42 Å². The van der Waals surface area contributed by atoms with E-state index >= 15 is 0 Å². The Kier molecular flexibility index (Phi) is 8.15. The van der Waals surface area contributed by atoms with Crippen molar-refractivity contribution in [3.05, 3.63) is 126 Å². The van der Waals surface area contributed by atoms with Gasteiger partial charge < -0.3 is 4.74 Å². The second-order valence-corrected chi connectivity index (χ2v) is 14.4. The molecule has 47 heavy (non-hydrogen) atoms. The first-order chi connectivity index (χ1) is 22.7. The van der Waals surface area contributed by atoms with Crippen LogP contribution in [0.25, 0.3) is 44.4 Å². The zero-order valence-corrected chi connectivity index (χ0v) is 28.7. The van der Waals surface area contributed by atoms with E-state index in [9.17, 15) is 0 Å². The van der Waals surface area contributed by atoms with Gasteiger partial charge in [-0.15, -0.1) is 11.8 Å². The van der Waals surface area contributed by atoms with Crippen LogP contribution in [0.5, 0.6) is 11.5 Å². The maximum atomic E-state index is 6.49. The van der Waals surface area contributed by atoms with E-state index in [1.54, 1.807) is 11.8 Å². The van der Waals surface area contributed by atoms with Crippen LogP contribution < -0.4 is 4.74 Å². The van der Waals surface area contributed by atoms with Crippen molar-refractivity contribution >= 4 is 33.6 Å². The predicted molar refractivity (Wildman–Crippen MR) is 197 cm³/mol. The van der Waals surface area contributed by atoms with Crippen LogP contribution in [0.4, 0.5) is 0 Å². The number of rotatable bonds is 8. The number of aromatic nitrogens is 4. The van der Waals surface area contributed by atoms with E-state index in [4.69, 9.17) is 14.8 Å². The monoisotopic (exact) mass is 636 g/mol. The van der Waals surface area contributed by atoms with Gasteiger partial charge in [0.1, 0.15) is 17.3 Å². The third-order valence-corrected chi connectivity index (χ3v) is 9.50. The summed E-state index contributed by atoms with van der Waals surface area (Å²) >= 11 is 1.71. The lowest BCUT2D eigenvalue weighted by atomic mass is 9.87. The zero-order valence-electron chi connectivity index (χ0n) is 27.9. The van der Waals surface area contributed by atoms with E-state index < -0.39 is 0 Å². The molecule has 7 aromatic rings. The highest BCUT2D eigenvalue weighted by Gasteiger charge is 2.16. The lowest BCUT2D eigenvalue weighted by Crippen LogP contribution is -2.06. The average Bonchev–Trinajstić information content (AvgIpc) is 3.66. The SMILES string of the molecule is CSc1ccnc(-n2c3ccccc3c3ccc(Oc4cccc(-n5cc(-c6c(C)cc(CCC(C)(C)C)cc6C)cn5)c4)cc32)c1. The first kappa shape index (κ1) is 30.8. The van der Waals surface area contributed by atoms with Gasteiger partial charge in [-0.05, 0) is 103 Å². The van der Waals surface area contributed by atoms with Crippen LogP contribution in [-0.4, -0.2) is 25.6 Å². The minimum absolute atomic E-state index is 0.324. The molecule has 3 aromatic heterocycles. The maximum Gasteiger partial charge on any atom is 0.138 e. The highest BCUT2D eigenvalue weighted by molar-refractivity contribution is 7.98. The van der Waals surface area contributed by atoms with Gasteiger partial charge in [-0.1, -0.05) is 57.2 Å². The molecule has 0 aliphatic carbocycles. The molecule has 0 spiro atoms. The summed E-state index contributed by atoms with van der Waals surface area (Å²) in [5, 5.41) is 7.11. The quantitative estimate of drug-likeness (QED) is 0.156. The van der Waals surface area contributed by atoms with Crippen LogP contribution in [0.2, 0.25) is 0 Å². The molecule has 0 N–H and O–H groups in total. The van der Waals surface area contributed by atoms with Crippen LogP contribution in [0.1, 0.15) is 43.9 Å². The first-order valence-corrected chi connectivity index (χ1v) is 17.4. The van der Waals surface area contributed by atoms with Crippen molar-refractivity contribution in [1.82, 2.24) is 19.3 Å². The molecule has 5 nitrogen and oxygen atoms in total. The van der Waals surface area contributed by atoms with Crippen LogP contribution in [0.3, 0.4) is 0 Å². The zero-order chi connectivity index (χ0) is 32.7. The van der Waals surface area contributed by atoms with Crippen molar-refractivity contribution < 1.29 is 4.74 Å². The molecule has 0 bridgehead atoms. The van der Waals surface area contributed by atoms with Crippen LogP contribution >= 0.6 is 11.8 Å². The fraction of sp³-hybridized carbons (Fsp3) is 0.220. The number of pyridine rings is 1. The molecular formula is C41H40N4OS. The van der Waals surface area contributed by atoms with E-state index in [-0.39, 0.29) is 0 Å².